The number of nitro groups is 2. The molecule has 0 aliphatic carbocycles. The zero-order chi connectivity index (χ0) is 24.7. The highest BCUT2D eigenvalue weighted by Gasteiger charge is 2.15. The average molecular weight is 588 g/mol. The zero-order valence-corrected chi connectivity index (χ0v) is 19.2. The van der Waals surface area contributed by atoms with Gasteiger partial charge >= 0.3 is 0 Å². The standard InChI is InChI=1S/C17H12Br2N6O8/c18-12-3-10(24(30)31)1-8(16(12)28)6-20-22-14(26)5-15(27)23-21-7-9-2-11(25(32)33)4-13(19)17(9)29/h1-4,6-7,28-29H,5H2,(H,22,26)(H,23,27). The fourth-order valence-electron chi connectivity index (χ4n) is 2.19. The van der Waals surface area contributed by atoms with Crippen LogP contribution in [0.2, 0.25) is 0 Å². The molecule has 4 N–H and O–H groups in total. The maximum absolute atomic E-state index is 11.8. The van der Waals surface area contributed by atoms with Gasteiger partial charge in [-0.1, -0.05) is 0 Å². The van der Waals surface area contributed by atoms with Gasteiger partial charge in [-0.15, -0.1) is 0 Å². The van der Waals surface area contributed by atoms with E-state index in [1.54, 1.807) is 0 Å². The lowest BCUT2D eigenvalue weighted by molar-refractivity contribution is -0.385. The van der Waals surface area contributed by atoms with Crippen molar-refractivity contribution in [1.82, 2.24) is 10.9 Å². The van der Waals surface area contributed by atoms with E-state index in [0.29, 0.717) is 0 Å². The molecule has 14 nitrogen and oxygen atoms in total. The third-order valence-corrected chi connectivity index (χ3v) is 4.89. The van der Waals surface area contributed by atoms with E-state index in [2.05, 4.69) is 42.1 Å². The molecule has 2 amide bonds. The molecule has 0 unspecified atom stereocenters. The predicted molar refractivity (Wildman–Crippen MR) is 121 cm³/mol. The number of benzene rings is 2. The van der Waals surface area contributed by atoms with Gasteiger partial charge in [-0.2, -0.15) is 10.2 Å². The smallest absolute Gasteiger partial charge is 0.271 e. The fraction of sp³-hybridized carbons (Fsp3) is 0.0588. The lowest BCUT2D eigenvalue weighted by atomic mass is 10.2. The number of nitrogens with one attached hydrogen (secondary N) is 2. The van der Waals surface area contributed by atoms with Crippen LogP contribution in [0, 0.1) is 20.2 Å². The van der Waals surface area contributed by atoms with Gasteiger partial charge in [0.25, 0.3) is 11.4 Å². The van der Waals surface area contributed by atoms with Crippen LogP contribution in [0.25, 0.3) is 0 Å². The van der Waals surface area contributed by atoms with Crippen molar-refractivity contribution >= 4 is 67.5 Å². The molecule has 172 valence electrons. The van der Waals surface area contributed by atoms with Crippen molar-refractivity contribution in [2.75, 3.05) is 0 Å². The van der Waals surface area contributed by atoms with Crippen molar-refractivity contribution in [2.24, 2.45) is 10.2 Å². The normalized spacial score (nSPS) is 11.0. The monoisotopic (exact) mass is 586 g/mol. The highest BCUT2D eigenvalue weighted by Crippen LogP contribution is 2.32. The maximum Gasteiger partial charge on any atom is 0.271 e. The molecule has 0 heterocycles. The fourth-order valence-corrected chi connectivity index (χ4v) is 3.12. The molecule has 0 saturated heterocycles. The maximum atomic E-state index is 11.8. The Morgan fingerprint density at radius 2 is 1.21 bits per heavy atom. The summed E-state index contributed by atoms with van der Waals surface area (Å²) in [6, 6.07) is 4.22. The quantitative estimate of drug-likeness (QED) is 0.155. The molecule has 0 fully saturated rings. The first-order valence-electron chi connectivity index (χ1n) is 8.47. The number of aromatic hydroxyl groups is 2. The number of non-ortho nitro benzene ring substituents is 2. The van der Waals surface area contributed by atoms with Crippen molar-refractivity contribution in [1.29, 1.82) is 0 Å². The molecule has 0 saturated carbocycles. The summed E-state index contributed by atoms with van der Waals surface area (Å²) in [5.41, 5.74) is 3.23. The Morgan fingerprint density at radius 1 is 0.848 bits per heavy atom. The highest BCUT2D eigenvalue weighted by molar-refractivity contribution is 9.11. The van der Waals surface area contributed by atoms with Gasteiger partial charge in [-0.3, -0.25) is 29.8 Å². The lowest BCUT2D eigenvalue weighted by Crippen LogP contribution is -2.27. The molecule has 0 radical (unpaired) electrons. The summed E-state index contributed by atoms with van der Waals surface area (Å²) < 4.78 is 0.0899. The van der Waals surface area contributed by atoms with E-state index >= 15 is 0 Å². The Hall–Kier alpha value is -3.92. The van der Waals surface area contributed by atoms with Crippen LogP contribution in [-0.4, -0.2) is 44.3 Å². The third kappa shape index (κ3) is 7.04. The van der Waals surface area contributed by atoms with Crippen LogP contribution >= 0.6 is 31.9 Å². The molecule has 0 atom stereocenters. The Bertz CT molecular complexity index is 1110. The Morgan fingerprint density at radius 3 is 1.55 bits per heavy atom. The first-order chi connectivity index (χ1) is 15.5. The summed E-state index contributed by atoms with van der Waals surface area (Å²) in [5.74, 6) is -2.43. The summed E-state index contributed by atoms with van der Waals surface area (Å²) in [5, 5.41) is 48.5. The summed E-state index contributed by atoms with van der Waals surface area (Å²) in [6.07, 6.45) is 1.18. The molecular weight excluding hydrogens is 576 g/mol. The molecule has 33 heavy (non-hydrogen) atoms. The lowest BCUT2D eigenvalue weighted by Gasteiger charge is -2.03. The van der Waals surface area contributed by atoms with E-state index in [1.807, 2.05) is 10.9 Å². The minimum atomic E-state index is -0.871. The van der Waals surface area contributed by atoms with Crippen molar-refractivity contribution in [3.05, 3.63) is 64.6 Å². The van der Waals surface area contributed by atoms with E-state index < -0.39 is 28.1 Å². The molecule has 0 spiro atoms. The van der Waals surface area contributed by atoms with Crippen LogP contribution < -0.4 is 10.9 Å². The van der Waals surface area contributed by atoms with Gasteiger partial charge in [0.1, 0.15) is 17.9 Å². The van der Waals surface area contributed by atoms with Gasteiger partial charge in [0.05, 0.1) is 31.2 Å². The van der Waals surface area contributed by atoms with Gasteiger partial charge in [0, 0.05) is 35.4 Å². The minimum Gasteiger partial charge on any atom is -0.506 e. The van der Waals surface area contributed by atoms with E-state index in [4.69, 9.17) is 0 Å². The number of nitrogens with zero attached hydrogens (tertiary/aromatic N) is 4. The molecule has 2 aromatic carbocycles. The summed E-state index contributed by atoms with van der Waals surface area (Å²) in [6.45, 7) is 0. The van der Waals surface area contributed by atoms with Gasteiger partial charge in [-0.25, -0.2) is 10.9 Å². The zero-order valence-electron chi connectivity index (χ0n) is 16.1. The Kier molecular flexibility index (Phi) is 8.52. The highest BCUT2D eigenvalue weighted by atomic mass is 79.9. The third-order valence-electron chi connectivity index (χ3n) is 3.68. The van der Waals surface area contributed by atoms with Crippen molar-refractivity contribution in [3.8, 4) is 11.5 Å². The van der Waals surface area contributed by atoms with E-state index in [9.17, 15) is 40.0 Å². The topological polar surface area (TPSA) is 210 Å². The second kappa shape index (κ2) is 11.1. The Labute approximate surface area is 200 Å². The number of nitro benzene ring substituents is 2. The van der Waals surface area contributed by atoms with Gasteiger partial charge in [0.15, 0.2) is 0 Å². The molecule has 0 aliphatic heterocycles. The number of hydrogen-bond donors (Lipinski definition) is 4. The van der Waals surface area contributed by atoms with Crippen LogP contribution in [-0.2, 0) is 9.59 Å². The molecule has 0 aliphatic rings. The van der Waals surface area contributed by atoms with Crippen molar-refractivity contribution < 1.29 is 29.6 Å². The molecular formula is C17H12Br2N6O8. The second-order valence-corrected chi connectivity index (χ2v) is 7.72. The molecule has 2 aromatic rings. The number of phenols is 2. The number of hydrogen-bond acceptors (Lipinski definition) is 10. The van der Waals surface area contributed by atoms with Gasteiger partial charge in [-0.05, 0) is 31.9 Å². The van der Waals surface area contributed by atoms with Crippen LogP contribution in [0.5, 0.6) is 11.5 Å². The number of carbonyl (C=O) groups is 2. The number of halogens is 2. The van der Waals surface area contributed by atoms with Crippen LogP contribution in [0.3, 0.4) is 0 Å². The summed E-state index contributed by atoms with van der Waals surface area (Å²) in [4.78, 5) is 43.9. The largest absolute Gasteiger partial charge is 0.506 e. The number of amides is 2. The number of carbonyl (C=O) groups excluding carboxylic acids is 2. The second-order valence-electron chi connectivity index (χ2n) is 6.01. The van der Waals surface area contributed by atoms with Crippen LogP contribution in [0.4, 0.5) is 11.4 Å². The van der Waals surface area contributed by atoms with Gasteiger partial charge in [0.2, 0.25) is 11.8 Å². The Balaban J connectivity index is 1.95. The first-order valence-corrected chi connectivity index (χ1v) is 10.1. The molecule has 0 bridgehead atoms. The average Bonchev–Trinajstić information content (AvgIpc) is 2.73. The van der Waals surface area contributed by atoms with Crippen LogP contribution in [0.1, 0.15) is 17.5 Å². The van der Waals surface area contributed by atoms with Crippen molar-refractivity contribution in [2.45, 2.75) is 6.42 Å². The van der Waals surface area contributed by atoms with Crippen molar-refractivity contribution in [3.63, 3.8) is 0 Å². The summed E-state index contributed by atoms with van der Waals surface area (Å²) in [7, 11) is 0. The predicted octanol–water partition coefficient (Wildman–Crippen LogP) is 2.43. The minimum absolute atomic E-state index is 0.0449. The molecule has 16 heteroatoms. The number of hydrazone groups is 2. The van der Waals surface area contributed by atoms with E-state index in [1.165, 1.54) is 0 Å². The number of phenolic OH excluding ortho intramolecular Hbond substituents is 2. The molecule has 2 rings (SSSR count). The van der Waals surface area contributed by atoms with Crippen LogP contribution in [0.15, 0.2) is 43.4 Å². The van der Waals surface area contributed by atoms with Gasteiger partial charge < -0.3 is 10.2 Å². The number of rotatable bonds is 8. The van der Waals surface area contributed by atoms with E-state index in [0.717, 1.165) is 36.7 Å². The summed E-state index contributed by atoms with van der Waals surface area (Å²) >= 11 is 5.92. The first kappa shape index (κ1) is 25.3. The van der Waals surface area contributed by atoms with E-state index in [-0.39, 0.29) is 42.9 Å². The molecule has 0 aromatic heterocycles. The SMILES string of the molecule is O=C(CC(=O)NN=Cc1cc([N+](=O)[O-])cc(Br)c1O)NN=Cc1cc([N+](=O)[O-])cc(Br)c1O.